The molecule has 2 rings (SSSR count). The van der Waals surface area contributed by atoms with E-state index in [1.807, 2.05) is 30.3 Å². The van der Waals surface area contributed by atoms with E-state index in [0.717, 1.165) is 10.0 Å². The highest BCUT2D eigenvalue weighted by Gasteiger charge is 2.16. The summed E-state index contributed by atoms with van der Waals surface area (Å²) >= 11 is 3.25. The highest BCUT2D eigenvalue weighted by molar-refractivity contribution is 9.10. The Balaban J connectivity index is 2.08. The van der Waals surface area contributed by atoms with Crippen molar-refractivity contribution in [3.63, 3.8) is 0 Å². The Morgan fingerprint density at radius 1 is 1.26 bits per heavy atom. The van der Waals surface area contributed by atoms with Gasteiger partial charge in [0.25, 0.3) is 0 Å². The van der Waals surface area contributed by atoms with Gasteiger partial charge in [0.1, 0.15) is 6.04 Å². The zero-order valence-electron chi connectivity index (χ0n) is 10.1. The molecule has 0 saturated carbocycles. The van der Waals surface area contributed by atoms with Crippen molar-refractivity contribution in [2.24, 2.45) is 5.73 Å². The van der Waals surface area contributed by atoms with E-state index in [4.69, 9.17) is 5.73 Å². The third-order valence-electron chi connectivity index (χ3n) is 2.55. The molecule has 3 N–H and O–H groups in total. The lowest BCUT2D eigenvalue weighted by atomic mass is 10.1. The van der Waals surface area contributed by atoms with Crippen LogP contribution in [0.4, 0.5) is 5.95 Å². The fraction of sp³-hybridized carbons (Fsp3) is 0.154. The van der Waals surface area contributed by atoms with Crippen LogP contribution in [0, 0.1) is 0 Å². The average Bonchev–Trinajstić information content (AvgIpc) is 2.41. The second-order valence-electron chi connectivity index (χ2n) is 4.01. The fourth-order valence-electron chi connectivity index (χ4n) is 1.62. The minimum absolute atomic E-state index is 0.378. The third-order valence-corrected chi connectivity index (χ3v) is 2.96. The molecule has 5 nitrogen and oxygen atoms in total. The monoisotopic (exact) mass is 320 g/mol. The molecule has 19 heavy (non-hydrogen) atoms. The van der Waals surface area contributed by atoms with Crippen LogP contribution in [0.25, 0.3) is 0 Å². The molecule has 1 amide bonds. The van der Waals surface area contributed by atoms with Crippen LogP contribution in [0.1, 0.15) is 5.56 Å². The maximum Gasteiger partial charge on any atom is 0.240 e. The first-order valence-electron chi connectivity index (χ1n) is 5.72. The maximum absolute atomic E-state index is 11.5. The highest BCUT2D eigenvalue weighted by Crippen LogP contribution is 2.10. The lowest BCUT2D eigenvalue weighted by molar-refractivity contribution is -0.118. The van der Waals surface area contributed by atoms with Crippen LogP contribution in [0.2, 0.25) is 0 Å². The summed E-state index contributed by atoms with van der Waals surface area (Å²) in [5.74, 6) is -0.0571. The second kappa shape index (κ2) is 6.29. The smallest absolute Gasteiger partial charge is 0.240 e. The normalized spacial score (nSPS) is 11.8. The zero-order valence-corrected chi connectivity index (χ0v) is 11.7. The van der Waals surface area contributed by atoms with Gasteiger partial charge in [-0.3, -0.25) is 4.79 Å². The largest absolute Gasteiger partial charge is 0.368 e. The van der Waals surface area contributed by atoms with Crippen LogP contribution >= 0.6 is 15.9 Å². The molecule has 1 heterocycles. The van der Waals surface area contributed by atoms with Crippen molar-refractivity contribution < 1.29 is 4.79 Å². The first-order chi connectivity index (χ1) is 9.15. The van der Waals surface area contributed by atoms with Crippen LogP contribution in [-0.2, 0) is 11.2 Å². The van der Waals surface area contributed by atoms with Crippen molar-refractivity contribution in [3.05, 3.63) is 52.8 Å². The number of nitrogens with two attached hydrogens (primary N) is 1. The van der Waals surface area contributed by atoms with E-state index in [1.165, 1.54) is 0 Å². The van der Waals surface area contributed by atoms with E-state index in [2.05, 4.69) is 31.2 Å². The number of halogens is 1. The number of nitrogens with one attached hydrogen (secondary N) is 1. The molecule has 2 aromatic rings. The maximum atomic E-state index is 11.5. The summed E-state index contributed by atoms with van der Waals surface area (Å²) in [5, 5.41) is 2.94. The summed E-state index contributed by atoms with van der Waals surface area (Å²) < 4.78 is 0.775. The standard InChI is InChI=1S/C13H13BrN4O/c14-10-7-16-13(17-8-10)18-11(12(15)19)6-9-4-2-1-3-5-9/h1-5,7-8,11H,6H2,(H2,15,19)(H,16,17,18)/t11-/m0/s1. The summed E-state index contributed by atoms with van der Waals surface area (Å²) in [6, 6.07) is 9.12. The number of hydrogen-bond donors (Lipinski definition) is 2. The van der Waals surface area contributed by atoms with Gasteiger partial charge in [-0.25, -0.2) is 9.97 Å². The first-order valence-corrected chi connectivity index (χ1v) is 6.52. The topological polar surface area (TPSA) is 80.9 Å². The van der Waals surface area contributed by atoms with E-state index < -0.39 is 11.9 Å². The molecule has 0 aliphatic rings. The minimum Gasteiger partial charge on any atom is -0.368 e. The molecule has 0 aliphatic heterocycles. The molecule has 0 unspecified atom stereocenters. The summed E-state index contributed by atoms with van der Waals surface area (Å²) in [6.45, 7) is 0. The van der Waals surface area contributed by atoms with Gasteiger partial charge in [-0.1, -0.05) is 30.3 Å². The van der Waals surface area contributed by atoms with Gasteiger partial charge in [0.2, 0.25) is 11.9 Å². The van der Waals surface area contributed by atoms with Gasteiger partial charge in [-0.05, 0) is 21.5 Å². The summed E-state index contributed by atoms with van der Waals surface area (Å²) in [5.41, 5.74) is 6.42. The van der Waals surface area contributed by atoms with E-state index >= 15 is 0 Å². The first kappa shape index (κ1) is 13.5. The minimum atomic E-state index is -0.538. The van der Waals surface area contributed by atoms with E-state index in [9.17, 15) is 4.79 Å². The molecule has 0 spiro atoms. The molecule has 0 bridgehead atoms. The van der Waals surface area contributed by atoms with E-state index in [1.54, 1.807) is 12.4 Å². The lowest BCUT2D eigenvalue weighted by Gasteiger charge is -2.15. The van der Waals surface area contributed by atoms with E-state index in [-0.39, 0.29) is 0 Å². The van der Waals surface area contributed by atoms with Gasteiger partial charge < -0.3 is 11.1 Å². The molecule has 98 valence electrons. The van der Waals surface area contributed by atoms with Crippen molar-refractivity contribution in [3.8, 4) is 0 Å². The van der Waals surface area contributed by atoms with Crippen LogP contribution in [0.15, 0.2) is 47.2 Å². The molecule has 0 fully saturated rings. The Morgan fingerprint density at radius 3 is 2.47 bits per heavy atom. The van der Waals surface area contributed by atoms with Crippen molar-refractivity contribution in [2.45, 2.75) is 12.5 Å². The molecule has 0 saturated heterocycles. The Morgan fingerprint density at radius 2 is 1.89 bits per heavy atom. The van der Waals surface area contributed by atoms with Gasteiger partial charge in [0.05, 0.1) is 4.47 Å². The van der Waals surface area contributed by atoms with Gasteiger partial charge >= 0.3 is 0 Å². The predicted octanol–water partition coefficient (Wildman–Crippen LogP) is 1.75. The molecule has 6 heteroatoms. The third kappa shape index (κ3) is 4.03. The second-order valence-corrected chi connectivity index (χ2v) is 4.93. The Labute approximate surface area is 119 Å². The zero-order chi connectivity index (χ0) is 13.7. The number of aromatic nitrogens is 2. The number of rotatable bonds is 5. The molecule has 1 atom stereocenters. The SMILES string of the molecule is NC(=O)[C@H](Cc1ccccc1)Nc1ncc(Br)cn1. The number of primary amides is 1. The van der Waals surface area contributed by atoms with Crippen LogP contribution < -0.4 is 11.1 Å². The van der Waals surface area contributed by atoms with Crippen molar-refractivity contribution >= 4 is 27.8 Å². The Hall–Kier alpha value is -1.95. The van der Waals surface area contributed by atoms with Crippen LogP contribution in [0.5, 0.6) is 0 Å². The van der Waals surface area contributed by atoms with Crippen LogP contribution in [-0.4, -0.2) is 21.9 Å². The van der Waals surface area contributed by atoms with Gasteiger partial charge in [-0.15, -0.1) is 0 Å². The Kier molecular flexibility index (Phi) is 4.46. The molecular formula is C13H13BrN4O. The highest BCUT2D eigenvalue weighted by atomic mass is 79.9. The molecular weight excluding hydrogens is 308 g/mol. The van der Waals surface area contributed by atoms with E-state index in [0.29, 0.717) is 12.4 Å². The Bertz CT molecular complexity index is 544. The molecule has 1 aromatic carbocycles. The van der Waals surface area contributed by atoms with Crippen molar-refractivity contribution in [2.75, 3.05) is 5.32 Å². The number of hydrogen-bond acceptors (Lipinski definition) is 4. The van der Waals surface area contributed by atoms with Gasteiger partial charge in [0.15, 0.2) is 0 Å². The summed E-state index contributed by atoms with van der Waals surface area (Å²) in [6.07, 6.45) is 3.71. The van der Waals surface area contributed by atoms with Crippen molar-refractivity contribution in [1.82, 2.24) is 9.97 Å². The lowest BCUT2D eigenvalue weighted by Crippen LogP contribution is -2.37. The number of nitrogens with zero attached hydrogens (tertiary/aromatic N) is 2. The number of carbonyl (C=O) groups excluding carboxylic acids is 1. The molecule has 0 aliphatic carbocycles. The number of amides is 1. The molecule has 0 radical (unpaired) electrons. The molecule has 1 aromatic heterocycles. The van der Waals surface area contributed by atoms with Crippen molar-refractivity contribution in [1.29, 1.82) is 0 Å². The van der Waals surface area contributed by atoms with Gasteiger partial charge in [0, 0.05) is 18.8 Å². The number of carbonyl (C=O) groups is 1. The number of anilines is 1. The predicted molar refractivity (Wildman–Crippen MR) is 76.5 cm³/mol. The van der Waals surface area contributed by atoms with Crippen LogP contribution in [0.3, 0.4) is 0 Å². The summed E-state index contributed by atoms with van der Waals surface area (Å²) in [4.78, 5) is 19.6. The number of benzene rings is 1. The average molecular weight is 321 g/mol. The fourth-order valence-corrected chi connectivity index (χ4v) is 1.82. The quantitative estimate of drug-likeness (QED) is 0.879. The summed E-state index contributed by atoms with van der Waals surface area (Å²) in [7, 11) is 0. The van der Waals surface area contributed by atoms with Gasteiger partial charge in [-0.2, -0.15) is 0 Å².